The SMILES string of the molecule is CCOP(=O)(OCC)c1cc(C)ccc1S(=O)(=O)OC. The van der Waals surface area contributed by atoms with Crippen molar-refractivity contribution in [2.75, 3.05) is 20.3 Å². The van der Waals surface area contributed by atoms with Gasteiger partial charge in [0, 0.05) is 0 Å². The average molecular weight is 322 g/mol. The molecule has 0 aliphatic heterocycles. The zero-order chi connectivity index (χ0) is 15.4. The fourth-order valence-electron chi connectivity index (χ4n) is 1.66. The zero-order valence-electron chi connectivity index (χ0n) is 12.0. The van der Waals surface area contributed by atoms with E-state index in [2.05, 4.69) is 4.18 Å². The lowest BCUT2D eigenvalue weighted by Gasteiger charge is -2.20. The molecule has 0 heterocycles. The predicted molar refractivity (Wildman–Crippen MR) is 75.9 cm³/mol. The van der Waals surface area contributed by atoms with Crippen LogP contribution in [0.1, 0.15) is 19.4 Å². The summed E-state index contributed by atoms with van der Waals surface area (Å²) in [5.41, 5.74) is 0.745. The smallest absolute Gasteiger partial charge is 0.305 e. The van der Waals surface area contributed by atoms with Gasteiger partial charge in [-0.25, -0.2) is 0 Å². The van der Waals surface area contributed by atoms with Crippen LogP contribution in [0.4, 0.5) is 0 Å². The van der Waals surface area contributed by atoms with Gasteiger partial charge >= 0.3 is 7.60 Å². The second-order valence-corrected chi connectivity index (χ2v) is 7.60. The maximum Gasteiger partial charge on any atom is 0.362 e. The molecule has 8 heteroatoms. The third-order valence-corrected chi connectivity index (χ3v) is 6.14. The summed E-state index contributed by atoms with van der Waals surface area (Å²) in [6, 6.07) is 4.42. The lowest BCUT2D eigenvalue weighted by Crippen LogP contribution is -2.20. The van der Waals surface area contributed by atoms with Gasteiger partial charge in [0.1, 0.15) is 4.90 Å². The fourth-order valence-corrected chi connectivity index (χ4v) is 4.80. The van der Waals surface area contributed by atoms with Gasteiger partial charge in [0.2, 0.25) is 0 Å². The van der Waals surface area contributed by atoms with Crippen LogP contribution in [0.2, 0.25) is 0 Å². The van der Waals surface area contributed by atoms with Gasteiger partial charge in [-0.05, 0) is 32.9 Å². The molecule has 1 rings (SSSR count). The van der Waals surface area contributed by atoms with Crippen molar-refractivity contribution in [2.24, 2.45) is 0 Å². The number of aryl methyl sites for hydroxylation is 1. The number of rotatable bonds is 7. The molecule has 20 heavy (non-hydrogen) atoms. The minimum Gasteiger partial charge on any atom is -0.305 e. The summed E-state index contributed by atoms with van der Waals surface area (Å²) in [6.07, 6.45) is 0. The van der Waals surface area contributed by atoms with Crippen LogP contribution in [0, 0.1) is 6.92 Å². The van der Waals surface area contributed by atoms with Crippen LogP contribution in [-0.2, 0) is 27.9 Å². The quantitative estimate of drug-likeness (QED) is 0.566. The van der Waals surface area contributed by atoms with Gasteiger partial charge in [-0.2, -0.15) is 8.42 Å². The first kappa shape index (κ1) is 17.3. The molecule has 0 fully saturated rings. The molecule has 0 saturated heterocycles. The first-order valence-corrected chi connectivity index (χ1v) is 9.06. The Morgan fingerprint density at radius 1 is 1.15 bits per heavy atom. The second kappa shape index (κ2) is 6.83. The highest BCUT2D eigenvalue weighted by molar-refractivity contribution is 7.87. The van der Waals surface area contributed by atoms with Crippen molar-refractivity contribution >= 4 is 23.0 Å². The lowest BCUT2D eigenvalue weighted by atomic mass is 10.2. The predicted octanol–water partition coefficient (Wildman–Crippen LogP) is 2.22. The van der Waals surface area contributed by atoms with Gasteiger partial charge in [0.15, 0.2) is 0 Å². The third kappa shape index (κ3) is 3.68. The van der Waals surface area contributed by atoms with E-state index in [0.717, 1.165) is 12.7 Å². The summed E-state index contributed by atoms with van der Waals surface area (Å²) >= 11 is 0. The summed E-state index contributed by atoms with van der Waals surface area (Å²) in [7, 11) is -6.66. The minimum absolute atomic E-state index is 0.00282. The Morgan fingerprint density at radius 2 is 1.70 bits per heavy atom. The van der Waals surface area contributed by atoms with Crippen molar-refractivity contribution < 1.29 is 26.2 Å². The molecule has 0 aliphatic carbocycles. The Hall–Kier alpha value is -0.720. The average Bonchev–Trinajstić information content (AvgIpc) is 2.39. The fraction of sp³-hybridized carbons (Fsp3) is 0.500. The van der Waals surface area contributed by atoms with Crippen LogP contribution in [0.15, 0.2) is 23.1 Å². The summed E-state index contributed by atoms with van der Waals surface area (Å²) in [5.74, 6) is 0. The summed E-state index contributed by atoms with van der Waals surface area (Å²) < 4.78 is 51.6. The third-order valence-electron chi connectivity index (χ3n) is 2.50. The molecule has 0 N–H and O–H groups in total. The molecule has 0 bridgehead atoms. The number of benzene rings is 1. The van der Waals surface area contributed by atoms with Crippen LogP contribution >= 0.6 is 7.60 Å². The first-order valence-electron chi connectivity index (χ1n) is 6.11. The molecular formula is C12H19O6PS. The highest BCUT2D eigenvalue weighted by Gasteiger charge is 2.34. The minimum atomic E-state index is -4.00. The van der Waals surface area contributed by atoms with Gasteiger partial charge in [-0.3, -0.25) is 8.75 Å². The molecule has 0 spiro atoms. The van der Waals surface area contributed by atoms with Gasteiger partial charge in [0.25, 0.3) is 10.1 Å². The van der Waals surface area contributed by atoms with Crippen LogP contribution in [0.25, 0.3) is 0 Å². The van der Waals surface area contributed by atoms with Crippen LogP contribution < -0.4 is 5.30 Å². The van der Waals surface area contributed by atoms with Crippen molar-refractivity contribution in [1.29, 1.82) is 0 Å². The van der Waals surface area contributed by atoms with E-state index in [1.54, 1.807) is 26.8 Å². The van der Waals surface area contributed by atoms with E-state index in [9.17, 15) is 13.0 Å². The molecule has 0 aliphatic rings. The maximum atomic E-state index is 12.8. The maximum absolute atomic E-state index is 12.8. The van der Waals surface area contributed by atoms with E-state index in [1.165, 1.54) is 12.1 Å². The largest absolute Gasteiger partial charge is 0.362 e. The van der Waals surface area contributed by atoms with Crippen molar-refractivity contribution in [1.82, 2.24) is 0 Å². The summed E-state index contributed by atoms with van der Waals surface area (Å²) in [4.78, 5) is -0.198. The van der Waals surface area contributed by atoms with E-state index in [1.807, 2.05) is 0 Å². The molecular weight excluding hydrogens is 303 g/mol. The van der Waals surface area contributed by atoms with E-state index in [-0.39, 0.29) is 23.4 Å². The Kier molecular flexibility index (Phi) is 5.91. The zero-order valence-corrected chi connectivity index (χ0v) is 13.7. The molecule has 0 radical (unpaired) electrons. The lowest BCUT2D eigenvalue weighted by molar-refractivity contribution is 0.229. The monoisotopic (exact) mass is 322 g/mol. The van der Waals surface area contributed by atoms with E-state index < -0.39 is 17.7 Å². The first-order chi connectivity index (χ1) is 9.30. The van der Waals surface area contributed by atoms with Crippen molar-refractivity contribution in [2.45, 2.75) is 25.7 Å². The Labute approximate surface area is 119 Å². The van der Waals surface area contributed by atoms with E-state index >= 15 is 0 Å². The van der Waals surface area contributed by atoms with Gasteiger partial charge < -0.3 is 9.05 Å². The highest BCUT2D eigenvalue weighted by atomic mass is 32.2. The van der Waals surface area contributed by atoms with E-state index in [0.29, 0.717) is 0 Å². The topological polar surface area (TPSA) is 78.9 Å². The van der Waals surface area contributed by atoms with Crippen molar-refractivity contribution in [3.63, 3.8) is 0 Å². The number of hydrogen-bond acceptors (Lipinski definition) is 6. The molecule has 1 aromatic carbocycles. The molecule has 0 aromatic heterocycles. The number of hydrogen-bond donors (Lipinski definition) is 0. The van der Waals surface area contributed by atoms with E-state index in [4.69, 9.17) is 9.05 Å². The van der Waals surface area contributed by atoms with Gasteiger partial charge in [0.05, 0.1) is 25.6 Å². The normalized spacial score (nSPS) is 12.6. The van der Waals surface area contributed by atoms with Gasteiger partial charge in [-0.15, -0.1) is 0 Å². The Balaban J connectivity index is 3.56. The van der Waals surface area contributed by atoms with Crippen molar-refractivity contribution in [3.8, 4) is 0 Å². The standard InChI is InChI=1S/C12H19O6PS/c1-5-17-19(13,18-6-2)11-9-10(3)7-8-12(11)20(14,15)16-4/h7-9H,5-6H2,1-4H3. The highest BCUT2D eigenvalue weighted by Crippen LogP contribution is 2.48. The molecule has 0 saturated carbocycles. The Bertz CT molecular complexity index is 600. The summed E-state index contributed by atoms with van der Waals surface area (Å²) in [5, 5.41) is 0.00282. The van der Waals surface area contributed by atoms with Crippen LogP contribution in [0.3, 0.4) is 0 Å². The van der Waals surface area contributed by atoms with Crippen LogP contribution in [-0.4, -0.2) is 28.7 Å². The van der Waals surface area contributed by atoms with Crippen LogP contribution in [0.5, 0.6) is 0 Å². The second-order valence-electron chi connectivity index (χ2n) is 3.92. The molecule has 0 atom stereocenters. The molecule has 1 aromatic rings. The van der Waals surface area contributed by atoms with Crippen molar-refractivity contribution in [3.05, 3.63) is 23.8 Å². The van der Waals surface area contributed by atoms with Gasteiger partial charge in [-0.1, -0.05) is 11.6 Å². The molecule has 0 amide bonds. The molecule has 0 unspecified atom stereocenters. The molecule has 6 nitrogen and oxygen atoms in total. The Morgan fingerprint density at radius 3 is 2.15 bits per heavy atom. The summed E-state index contributed by atoms with van der Waals surface area (Å²) in [6.45, 7) is 5.35. The molecule has 114 valence electrons.